The average Bonchev–Trinajstić information content (AvgIpc) is 2.98. The van der Waals surface area contributed by atoms with Crippen molar-refractivity contribution in [3.8, 4) is 0 Å². The van der Waals surface area contributed by atoms with Gasteiger partial charge in [-0.25, -0.2) is 0 Å². The fraction of sp³-hybridized carbons (Fsp3) is 0.545. The highest BCUT2D eigenvalue weighted by Gasteiger charge is 2.49. The first-order valence-electron chi connectivity index (χ1n) is 10.2. The van der Waals surface area contributed by atoms with Crippen molar-refractivity contribution < 1.29 is 14.7 Å². The number of aliphatic hydroxyl groups is 1. The SMILES string of the molecule is CC(C)CC1c2[nH]c3c(Cl)cccc3c2CC2C(=O)NC(CC(C)(C)O)C(=O)N21. The number of para-hydroxylation sites is 1. The van der Waals surface area contributed by atoms with Gasteiger partial charge in [0.2, 0.25) is 11.8 Å². The van der Waals surface area contributed by atoms with E-state index in [0.717, 1.165) is 28.6 Å². The number of piperazine rings is 1. The number of fused-ring (bicyclic) bond motifs is 4. The van der Waals surface area contributed by atoms with Crippen molar-refractivity contribution in [1.29, 1.82) is 0 Å². The maximum atomic E-state index is 13.4. The van der Waals surface area contributed by atoms with Crippen molar-refractivity contribution in [3.63, 3.8) is 0 Å². The van der Waals surface area contributed by atoms with E-state index in [4.69, 9.17) is 11.6 Å². The lowest BCUT2D eigenvalue weighted by Crippen LogP contribution is -2.66. The molecular formula is C22H28ClN3O3. The molecule has 0 saturated carbocycles. The predicted octanol–water partition coefficient (Wildman–Crippen LogP) is 3.32. The standard InChI is InChI=1S/C22H28ClN3O3/c1-11(2)8-16-19-13(12-6-5-7-14(23)18(12)25-19)9-17-20(27)24-15(10-22(3,4)29)21(28)26(16)17/h5-7,11,15-17,25,29H,8-10H2,1-4H3,(H,24,27). The fourth-order valence-corrected chi connectivity index (χ4v) is 4.98. The molecule has 156 valence electrons. The maximum Gasteiger partial charge on any atom is 0.246 e. The number of aromatic amines is 1. The Morgan fingerprint density at radius 3 is 2.69 bits per heavy atom. The number of hydrogen-bond acceptors (Lipinski definition) is 3. The number of nitrogens with one attached hydrogen (secondary N) is 2. The Balaban J connectivity index is 1.83. The molecule has 0 spiro atoms. The van der Waals surface area contributed by atoms with Crippen LogP contribution in [0.5, 0.6) is 0 Å². The molecule has 0 bridgehead atoms. The van der Waals surface area contributed by atoms with E-state index >= 15 is 0 Å². The number of amides is 2. The number of carbonyl (C=O) groups is 2. The normalized spacial score (nSPS) is 24.7. The van der Waals surface area contributed by atoms with Crippen molar-refractivity contribution in [3.05, 3.63) is 34.5 Å². The molecule has 1 aromatic carbocycles. The number of carbonyl (C=O) groups excluding carboxylic acids is 2. The molecule has 2 amide bonds. The Morgan fingerprint density at radius 1 is 1.31 bits per heavy atom. The van der Waals surface area contributed by atoms with Crippen LogP contribution in [0.15, 0.2) is 18.2 Å². The Hall–Kier alpha value is -2.05. The summed E-state index contributed by atoms with van der Waals surface area (Å²) in [6.45, 7) is 7.53. The monoisotopic (exact) mass is 417 g/mol. The second-order valence-electron chi connectivity index (χ2n) is 9.37. The molecule has 1 saturated heterocycles. The van der Waals surface area contributed by atoms with Crippen LogP contribution >= 0.6 is 11.6 Å². The van der Waals surface area contributed by atoms with Gasteiger partial charge in [0.1, 0.15) is 12.1 Å². The number of aromatic nitrogens is 1. The molecule has 3 atom stereocenters. The highest BCUT2D eigenvalue weighted by molar-refractivity contribution is 6.35. The van der Waals surface area contributed by atoms with Crippen LogP contribution in [0.4, 0.5) is 0 Å². The summed E-state index contributed by atoms with van der Waals surface area (Å²) < 4.78 is 0. The molecule has 2 aliphatic rings. The van der Waals surface area contributed by atoms with Gasteiger partial charge >= 0.3 is 0 Å². The number of benzene rings is 1. The van der Waals surface area contributed by atoms with Gasteiger partial charge in [-0.1, -0.05) is 37.6 Å². The molecule has 7 heteroatoms. The number of rotatable bonds is 4. The van der Waals surface area contributed by atoms with Gasteiger partial charge in [0.25, 0.3) is 0 Å². The van der Waals surface area contributed by atoms with Crippen LogP contribution < -0.4 is 5.32 Å². The highest BCUT2D eigenvalue weighted by Crippen LogP contribution is 2.43. The molecule has 1 aromatic heterocycles. The van der Waals surface area contributed by atoms with Crippen LogP contribution in [-0.4, -0.2) is 44.5 Å². The van der Waals surface area contributed by atoms with E-state index in [-0.39, 0.29) is 24.3 Å². The smallest absolute Gasteiger partial charge is 0.246 e. The summed E-state index contributed by atoms with van der Waals surface area (Å²) in [5.74, 6) is 0.0476. The molecule has 2 aliphatic heterocycles. The topological polar surface area (TPSA) is 85.4 Å². The van der Waals surface area contributed by atoms with Crippen molar-refractivity contribution in [1.82, 2.24) is 15.2 Å². The van der Waals surface area contributed by atoms with Gasteiger partial charge in [-0.3, -0.25) is 9.59 Å². The summed E-state index contributed by atoms with van der Waals surface area (Å²) in [5, 5.41) is 14.7. The lowest BCUT2D eigenvalue weighted by atomic mass is 9.84. The summed E-state index contributed by atoms with van der Waals surface area (Å²) in [6.07, 6.45) is 1.37. The van der Waals surface area contributed by atoms with E-state index in [2.05, 4.69) is 24.1 Å². The molecule has 2 aromatic rings. The maximum absolute atomic E-state index is 13.4. The van der Waals surface area contributed by atoms with Gasteiger partial charge in [-0.05, 0) is 37.8 Å². The molecule has 3 unspecified atom stereocenters. The Bertz CT molecular complexity index is 976. The van der Waals surface area contributed by atoms with E-state index in [1.807, 2.05) is 18.2 Å². The third-order valence-corrected chi connectivity index (χ3v) is 6.21. The summed E-state index contributed by atoms with van der Waals surface area (Å²) in [6, 6.07) is 4.27. The van der Waals surface area contributed by atoms with E-state index in [9.17, 15) is 14.7 Å². The largest absolute Gasteiger partial charge is 0.390 e. The summed E-state index contributed by atoms with van der Waals surface area (Å²) >= 11 is 6.42. The van der Waals surface area contributed by atoms with Crippen LogP contribution in [0.3, 0.4) is 0 Å². The average molecular weight is 418 g/mol. The minimum absolute atomic E-state index is 0.127. The van der Waals surface area contributed by atoms with E-state index < -0.39 is 17.7 Å². The van der Waals surface area contributed by atoms with Gasteiger partial charge in [0.15, 0.2) is 0 Å². The second-order valence-corrected chi connectivity index (χ2v) is 9.78. The molecule has 4 rings (SSSR count). The zero-order chi connectivity index (χ0) is 21.1. The predicted molar refractivity (Wildman–Crippen MR) is 113 cm³/mol. The molecule has 3 N–H and O–H groups in total. The number of hydrogen-bond donors (Lipinski definition) is 3. The van der Waals surface area contributed by atoms with Crippen molar-refractivity contribution in [2.45, 2.75) is 70.7 Å². The number of nitrogens with zero attached hydrogens (tertiary/aromatic N) is 1. The van der Waals surface area contributed by atoms with E-state index in [1.165, 1.54) is 0 Å². The van der Waals surface area contributed by atoms with Gasteiger partial charge in [-0.15, -0.1) is 0 Å². The van der Waals surface area contributed by atoms with Crippen molar-refractivity contribution in [2.24, 2.45) is 5.92 Å². The van der Waals surface area contributed by atoms with Gasteiger partial charge in [0, 0.05) is 23.9 Å². The van der Waals surface area contributed by atoms with Gasteiger partial charge < -0.3 is 20.3 Å². The summed E-state index contributed by atoms with van der Waals surface area (Å²) in [7, 11) is 0. The Morgan fingerprint density at radius 2 is 2.03 bits per heavy atom. The van der Waals surface area contributed by atoms with Crippen LogP contribution in [0.2, 0.25) is 5.02 Å². The lowest BCUT2D eigenvalue weighted by molar-refractivity contribution is -0.155. The highest BCUT2D eigenvalue weighted by atomic mass is 35.5. The van der Waals surface area contributed by atoms with Crippen LogP contribution in [-0.2, 0) is 16.0 Å². The second kappa shape index (κ2) is 7.03. The van der Waals surface area contributed by atoms with Crippen LogP contribution in [0.1, 0.15) is 57.8 Å². The molecule has 0 aliphatic carbocycles. The molecular weight excluding hydrogens is 390 g/mol. The van der Waals surface area contributed by atoms with Gasteiger partial charge in [0.05, 0.1) is 22.2 Å². The molecule has 3 heterocycles. The number of H-pyrrole nitrogens is 1. The van der Waals surface area contributed by atoms with E-state index in [1.54, 1.807) is 18.7 Å². The zero-order valence-electron chi connectivity index (χ0n) is 17.3. The summed E-state index contributed by atoms with van der Waals surface area (Å²) in [4.78, 5) is 31.7. The minimum Gasteiger partial charge on any atom is -0.390 e. The van der Waals surface area contributed by atoms with Crippen molar-refractivity contribution >= 4 is 34.3 Å². The molecule has 29 heavy (non-hydrogen) atoms. The first-order valence-corrected chi connectivity index (χ1v) is 10.6. The Labute approximate surface area is 175 Å². The first-order chi connectivity index (χ1) is 13.6. The van der Waals surface area contributed by atoms with Crippen LogP contribution in [0.25, 0.3) is 10.9 Å². The lowest BCUT2D eigenvalue weighted by Gasteiger charge is -2.47. The quantitative estimate of drug-likeness (QED) is 0.713. The third-order valence-electron chi connectivity index (χ3n) is 5.90. The Kier molecular flexibility index (Phi) is 4.90. The third kappa shape index (κ3) is 3.53. The first kappa shape index (κ1) is 20.2. The van der Waals surface area contributed by atoms with Crippen LogP contribution in [0, 0.1) is 5.92 Å². The summed E-state index contributed by atoms with van der Waals surface area (Å²) in [5.41, 5.74) is 1.85. The molecule has 0 radical (unpaired) electrons. The minimum atomic E-state index is -1.05. The zero-order valence-corrected chi connectivity index (χ0v) is 18.0. The fourth-order valence-electron chi connectivity index (χ4n) is 4.76. The molecule has 6 nitrogen and oxygen atoms in total. The molecule has 1 fully saturated rings. The number of halogens is 1. The van der Waals surface area contributed by atoms with E-state index in [0.29, 0.717) is 17.4 Å². The van der Waals surface area contributed by atoms with Crippen molar-refractivity contribution in [2.75, 3.05) is 0 Å². The van der Waals surface area contributed by atoms with Gasteiger partial charge in [-0.2, -0.15) is 0 Å².